The summed E-state index contributed by atoms with van der Waals surface area (Å²) in [5.74, 6) is -1.92. The molecule has 0 saturated heterocycles. The van der Waals surface area contributed by atoms with E-state index in [0.717, 1.165) is 5.56 Å². The highest BCUT2D eigenvalue weighted by Crippen LogP contribution is 2.27. The number of benzene rings is 3. The zero-order chi connectivity index (χ0) is 22.1. The van der Waals surface area contributed by atoms with Crippen molar-refractivity contribution < 1.29 is 27.8 Å². The Hall–Kier alpha value is -3.41. The number of ether oxygens (including phenoxy) is 3. The summed E-state index contributed by atoms with van der Waals surface area (Å²) in [5.41, 5.74) is 2.04. The number of para-hydroxylation sites is 1. The third-order valence-corrected chi connectivity index (χ3v) is 4.56. The minimum Gasteiger partial charge on any atom is -0.488 e. The van der Waals surface area contributed by atoms with Crippen molar-refractivity contribution in [2.45, 2.75) is 33.0 Å². The molecule has 0 aliphatic heterocycles. The summed E-state index contributed by atoms with van der Waals surface area (Å²) in [6, 6.07) is 19.2. The molecular formula is C25H24F2O4. The van der Waals surface area contributed by atoms with Gasteiger partial charge in [-0.2, -0.15) is 0 Å². The van der Waals surface area contributed by atoms with Gasteiger partial charge in [-0.15, -0.1) is 0 Å². The zero-order valence-corrected chi connectivity index (χ0v) is 17.3. The lowest BCUT2D eigenvalue weighted by atomic mass is 10.1. The molecule has 3 rings (SSSR count). The highest BCUT2D eigenvalue weighted by molar-refractivity contribution is 5.69. The van der Waals surface area contributed by atoms with E-state index in [1.165, 1.54) is 12.1 Å². The van der Waals surface area contributed by atoms with Crippen LogP contribution in [0.2, 0.25) is 0 Å². The maximum Gasteiger partial charge on any atom is 0.306 e. The topological polar surface area (TPSA) is 44.8 Å². The van der Waals surface area contributed by atoms with Crippen molar-refractivity contribution in [2.24, 2.45) is 0 Å². The summed E-state index contributed by atoms with van der Waals surface area (Å²) in [4.78, 5) is 11.4. The predicted octanol–water partition coefficient (Wildman–Crippen LogP) is 5.62. The third kappa shape index (κ3) is 6.54. The van der Waals surface area contributed by atoms with E-state index in [4.69, 9.17) is 14.2 Å². The lowest BCUT2D eigenvalue weighted by molar-refractivity contribution is -0.143. The van der Waals surface area contributed by atoms with Gasteiger partial charge in [0.2, 0.25) is 0 Å². The van der Waals surface area contributed by atoms with Crippen molar-refractivity contribution in [3.05, 3.63) is 95.1 Å². The molecule has 3 aromatic carbocycles. The normalized spacial score (nSPS) is 10.5. The first-order valence-corrected chi connectivity index (χ1v) is 10.1. The lowest BCUT2D eigenvalue weighted by Gasteiger charge is -2.14. The van der Waals surface area contributed by atoms with Crippen molar-refractivity contribution in [1.82, 2.24) is 0 Å². The van der Waals surface area contributed by atoms with Crippen LogP contribution < -0.4 is 9.47 Å². The molecule has 162 valence electrons. The van der Waals surface area contributed by atoms with Crippen LogP contribution in [0.25, 0.3) is 0 Å². The fraction of sp³-hybridized carbons (Fsp3) is 0.240. The van der Waals surface area contributed by atoms with E-state index in [1.54, 1.807) is 25.1 Å². The Morgan fingerprint density at radius 1 is 0.839 bits per heavy atom. The molecule has 0 heterocycles. The van der Waals surface area contributed by atoms with Crippen molar-refractivity contribution in [3.8, 4) is 11.5 Å². The molecule has 0 fully saturated rings. The van der Waals surface area contributed by atoms with Crippen LogP contribution in [0.5, 0.6) is 11.5 Å². The average Bonchev–Trinajstić information content (AvgIpc) is 2.77. The SMILES string of the molecule is CCOC(=O)CCc1cc(F)c(OCc2ccccc2OCc2ccccc2)c(F)c1. The highest BCUT2D eigenvalue weighted by Gasteiger charge is 2.15. The van der Waals surface area contributed by atoms with Gasteiger partial charge in [0.15, 0.2) is 17.4 Å². The molecular weight excluding hydrogens is 402 g/mol. The van der Waals surface area contributed by atoms with E-state index in [0.29, 0.717) is 23.5 Å². The van der Waals surface area contributed by atoms with E-state index in [9.17, 15) is 13.6 Å². The van der Waals surface area contributed by atoms with Crippen LogP contribution >= 0.6 is 0 Å². The Morgan fingerprint density at radius 3 is 2.23 bits per heavy atom. The first kappa shape index (κ1) is 22.3. The average molecular weight is 426 g/mol. The Labute approximate surface area is 180 Å². The summed E-state index contributed by atoms with van der Waals surface area (Å²) in [7, 11) is 0. The van der Waals surface area contributed by atoms with Gasteiger partial charge in [-0.3, -0.25) is 4.79 Å². The minimum absolute atomic E-state index is 0.0546. The van der Waals surface area contributed by atoms with E-state index in [1.807, 2.05) is 36.4 Å². The number of hydrogen-bond donors (Lipinski definition) is 0. The van der Waals surface area contributed by atoms with Gasteiger partial charge in [-0.05, 0) is 42.7 Å². The van der Waals surface area contributed by atoms with Crippen LogP contribution in [0.1, 0.15) is 30.0 Å². The van der Waals surface area contributed by atoms with Gasteiger partial charge in [0.1, 0.15) is 19.0 Å². The van der Waals surface area contributed by atoms with E-state index in [2.05, 4.69) is 0 Å². The number of halogens is 2. The largest absolute Gasteiger partial charge is 0.488 e. The second-order valence-corrected chi connectivity index (χ2v) is 6.86. The molecule has 0 aliphatic carbocycles. The Kier molecular flexibility index (Phi) is 7.98. The van der Waals surface area contributed by atoms with E-state index >= 15 is 0 Å². The van der Waals surface area contributed by atoms with Gasteiger partial charge >= 0.3 is 5.97 Å². The molecule has 0 aliphatic rings. The number of carbonyl (C=O) groups is 1. The first-order chi connectivity index (χ1) is 15.1. The van der Waals surface area contributed by atoms with Crippen molar-refractivity contribution in [3.63, 3.8) is 0 Å². The van der Waals surface area contributed by atoms with Gasteiger partial charge in [0.05, 0.1) is 6.61 Å². The second kappa shape index (κ2) is 11.1. The molecule has 0 bridgehead atoms. The summed E-state index contributed by atoms with van der Waals surface area (Å²) >= 11 is 0. The molecule has 0 spiro atoms. The summed E-state index contributed by atoms with van der Waals surface area (Å²) in [6.45, 7) is 2.29. The first-order valence-electron chi connectivity index (χ1n) is 10.1. The van der Waals surface area contributed by atoms with Gasteiger partial charge in [0.25, 0.3) is 0 Å². The Morgan fingerprint density at radius 2 is 1.52 bits per heavy atom. The van der Waals surface area contributed by atoms with Gasteiger partial charge in [-0.25, -0.2) is 8.78 Å². The molecule has 3 aromatic rings. The highest BCUT2D eigenvalue weighted by atomic mass is 19.1. The number of rotatable bonds is 10. The monoisotopic (exact) mass is 426 g/mol. The molecule has 0 radical (unpaired) electrons. The van der Waals surface area contributed by atoms with E-state index in [-0.39, 0.29) is 26.1 Å². The fourth-order valence-electron chi connectivity index (χ4n) is 3.02. The molecule has 0 unspecified atom stereocenters. The molecule has 0 amide bonds. The molecule has 0 aromatic heterocycles. The van der Waals surface area contributed by atoms with Crippen molar-refractivity contribution in [2.75, 3.05) is 6.61 Å². The van der Waals surface area contributed by atoms with Crippen molar-refractivity contribution >= 4 is 5.97 Å². The summed E-state index contributed by atoms with van der Waals surface area (Å²) < 4.78 is 45.0. The molecule has 0 saturated carbocycles. The second-order valence-electron chi connectivity index (χ2n) is 6.86. The van der Waals surface area contributed by atoms with Crippen LogP contribution in [0, 0.1) is 11.6 Å². The van der Waals surface area contributed by atoms with Crippen LogP contribution in [-0.4, -0.2) is 12.6 Å². The van der Waals surface area contributed by atoms with Crippen LogP contribution in [0.15, 0.2) is 66.7 Å². The fourth-order valence-corrected chi connectivity index (χ4v) is 3.02. The van der Waals surface area contributed by atoms with Gasteiger partial charge in [-0.1, -0.05) is 48.5 Å². The molecule has 0 N–H and O–H groups in total. The van der Waals surface area contributed by atoms with E-state index < -0.39 is 23.4 Å². The minimum atomic E-state index is -0.818. The van der Waals surface area contributed by atoms with Crippen molar-refractivity contribution in [1.29, 1.82) is 0 Å². The molecule has 6 heteroatoms. The molecule has 31 heavy (non-hydrogen) atoms. The smallest absolute Gasteiger partial charge is 0.306 e. The molecule has 0 atom stereocenters. The maximum atomic E-state index is 14.4. The Bertz CT molecular complexity index is 982. The third-order valence-electron chi connectivity index (χ3n) is 4.56. The van der Waals surface area contributed by atoms with Gasteiger partial charge in [0, 0.05) is 12.0 Å². The summed E-state index contributed by atoms with van der Waals surface area (Å²) in [5, 5.41) is 0. The maximum absolute atomic E-state index is 14.4. The zero-order valence-electron chi connectivity index (χ0n) is 17.3. The standard InChI is InChI=1S/C25H24F2O4/c1-2-29-24(28)13-12-19-14-21(26)25(22(27)15-19)31-17-20-10-6-7-11-23(20)30-16-18-8-4-3-5-9-18/h3-11,14-15H,2,12-13,16-17H2,1H3. The predicted molar refractivity (Wildman–Crippen MR) is 113 cm³/mol. The Balaban J connectivity index is 1.64. The number of hydrogen-bond acceptors (Lipinski definition) is 4. The summed E-state index contributed by atoms with van der Waals surface area (Å²) in [6.07, 6.45) is 0.238. The van der Waals surface area contributed by atoms with Crippen LogP contribution in [0.4, 0.5) is 8.78 Å². The number of esters is 1. The molecule has 4 nitrogen and oxygen atoms in total. The quantitative estimate of drug-likeness (QED) is 0.395. The lowest BCUT2D eigenvalue weighted by Crippen LogP contribution is -2.06. The van der Waals surface area contributed by atoms with Crippen LogP contribution in [-0.2, 0) is 29.2 Å². The van der Waals surface area contributed by atoms with Crippen LogP contribution in [0.3, 0.4) is 0 Å². The number of carbonyl (C=O) groups excluding carboxylic acids is 1. The van der Waals surface area contributed by atoms with Gasteiger partial charge < -0.3 is 14.2 Å². The number of aryl methyl sites for hydroxylation is 1.